The first kappa shape index (κ1) is 23.8. The van der Waals surface area contributed by atoms with Gasteiger partial charge in [-0.05, 0) is 30.3 Å². The van der Waals surface area contributed by atoms with Crippen LogP contribution in [0.5, 0.6) is 0 Å². The molecule has 1 fully saturated rings. The molecule has 1 N–H and O–H groups in total. The van der Waals surface area contributed by atoms with Crippen LogP contribution in [0.1, 0.15) is 16.1 Å². The Balaban J connectivity index is 1.58. The lowest BCUT2D eigenvalue weighted by atomic mass is 10.1. The van der Waals surface area contributed by atoms with Gasteiger partial charge in [0.2, 0.25) is 0 Å². The Kier molecular flexibility index (Phi) is 6.63. The number of rotatable bonds is 5. The lowest BCUT2D eigenvalue weighted by Crippen LogP contribution is -2.49. The summed E-state index contributed by atoms with van der Waals surface area (Å²) < 4.78 is 41.3. The molecule has 7 nitrogen and oxygen atoms in total. The Hall–Kier alpha value is -3.37. The normalized spacial score (nSPS) is 14.9. The van der Waals surface area contributed by atoms with Crippen LogP contribution in [0.3, 0.4) is 0 Å². The van der Waals surface area contributed by atoms with Gasteiger partial charge in [0.05, 0.1) is 22.9 Å². The first-order valence-electron chi connectivity index (χ1n) is 10.4. The number of aromatic nitrogens is 2. The third-order valence-corrected chi connectivity index (χ3v) is 5.85. The van der Waals surface area contributed by atoms with Crippen molar-refractivity contribution in [3.05, 3.63) is 70.9 Å². The number of aliphatic carboxylic acids is 1. The van der Waals surface area contributed by atoms with Crippen LogP contribution >= 0.6 is 11.6 Å². The zero-order valence-electron chi connectivity index (χ0n) is 17.8. The fourth-order valence-electron chi connectivity index (χ4n) is 3.80. The zero-order valence-corrected chi connectivity index (χ0v) is 18.6. The van der Waals surface area contributed by atoms with Crippen molar-refractivity contribution in [3.8, 4) is 16.9 Å². The number of carbonyl (C=O) groups is 2. The molecule has 1 aliphatic heterocycles. The number of carbonyl (C=O) groups excluding carboxylic acids is 1. The molecular weight excluding hydrogens is 473 g/mol. The van der Waals surface area contributed by atoms with Crippen LogP contribution in [0.15, 0.2) is 54.6 Å². The maximum Gasteiger partial charge on any atom is 0.435 e. The molecule has 0 radical (unpaired) electrons. The largest absolute Gasteiger partial charge is 0.480 e. The van der Waals surface area contributed by atoms with E-state index in [4.69, 9.17) is 16.7 Å². The molecule has 2 aromatic carbocycles. The van der Waals surface area contributed by atoms with Crippen LogP contribution in [-0.4, -0.2) is 69.3 Å². The molecular formula is C23H20ClF3N4O3. The Bertz CT molecular complexity index is 1200. The number of hydrogen-bond acceptors (Lipinski definition) is 4. The number of para-hydroxylation sites is 1. The van der Waals surface area contributed by atoms with E-state index in [0.717, 1.165) is 10.7 Å². The number of nitrogens with zero attached hydrogens (tertiary/aromatic N) is 4. The Morgan fingerprint density at radius 3 is 2.24 bits per heavy atom. The van der Waals surface area contributed by atoms with E-state index in [-0.39, 0.29) is 23.2 Å². The maximum absolute atomic E-state index is 13.4. The number of halogens is 4. The highest BCUT2D eigenvalue weighted by atomic mass is 35.5. The van der Waals surface area contributed by atoms with E-state index in [0.29, 0.717) is 43.0 Å². The summed E-state index contributed by atoms with van der Waals surface area (Å²) in [6.45, 7) is 1.61. The molecule has 1 saturated heterocycles. The van der Waals surface area contributed by atoms with Gasteiger partial charge < -0.3 is 10.0 Å². The summed E-state index contributed by atoms with van der Waals surface area (Å²) in [5, 5.41) is 12.9. The van der Waals surface area contributed by atoms with Gasteiger partial charge in [-0.25, -0.2) is 4.68 Å². The average molecular weight is 493 g/mol. The second kappa shape index (κ2) is 9.47. The second-order valence-electron chi connectivity index (χ2n) is 7.82. The number of piperazine rings is 1. The molecule has 1 amide bonds. The number of carboxylic acid groups (broad SMARTS) is 1. The van der Waals surface area contributed by atoms with Gasteiger partial charge in [-0.3, -0.25) is 14.5 Å². The van der Waals surface area contributed by atoms with E-state index in [1.165, 1.54) is 0 Å². The van der Waals surface area contributed by atoms with Crippen LogP contribution < -0.4 is 0 Å². The number of carboxylic acids is 1. The minimum Gasteiger partial charge on any atom is -0.480 e. The first-order chi connectivity index (χ1) is 16.1. The van der Waals surface area contributed by atoms with Crippen molar-refractivity contribution in [2.75, 3.05) is 32.7 Å². The highest BCUT2D eigenvalue weighted by Gasteiger charge is 2.35. The quantitative estimate of drug-likeness (QED) is 0.581. The molecule has 1 aromatic heterocycles. The molecule has 0 aliphatic carbocycles. The highest BCUT2D eigenvalue weighted by Crippen LogP contribution is 2.34. The number of benzene rings is 2. The minimum absolute atomic E-state index is 0.0737. The monoisotopic (exact) mass is 492 g/mol. The lowest BCUT2D eigenvalue weighted by Gasteiger charge is -2.33. The van der Waals surface area contributed by atoms with Gasteiger partial charge in [-0.2, -0.15) is 18.3 Å². The number of alkyl halides is 3. The smallest absolute Gasteiger partial charge is 0.435 e. The predicted molar refractivity (Wildman–Crippen MR) is 119 cm³/mol. The topological polar surface area (TPSA) is 78.7 Å². The van der Waals surface area contributed by atoms with Crippen molar-refractivity contribution in [1.82, 2.24) is 19.6 Å². The fourth-order valence-corrected chi connectivity index (χ4v) is 4.01. The van der Waals surface area contributed by atoms with E-state index >= 15 is 0 Å². The SMILES string of the molecule is O=C(O)CN1CCN(C(=O)c2ccc(-c3cc(C(F)(F)F)nn3-c3ccccc3Cl)cc2)CC1. The van der Waals surface area contributed by atoms with E-state index in [2.05, 4.69) is 5.10 Å². The summed E-state index contributed by atoms with van der Waals surface area (Å²) in [7, 11) is 0. The molecule has 34 heavy (non-hydrogen) atoms. The summed E-state index contributed by atoms with van der Waals surface area (Å²) in [6, 6.07) is 13.6. The van der Waals surface area contributed by atoms with Gasteiger partial charge >= 0.3 is 12.1 Å². The third-order valence-electron chi connectivity index (χ3n) is 5.53. The summed E-state index contributed by atoms with van der Waals surface area (Å²) >= 11 is 6.20. The molecule has 178 valence electrons. The number of amides is 1. The van der Waals surface area contributed by atoms with Gasteiger partial charge in [0.1, 0.15) is 0 Å². The standard InChI is InChI=1S/C23H20ClF3N4O3/c24-17-3-1-2-4-18(17)31-19(13-20(28-31)23(25,26)27)15-5-7-16(8-6-15)22(34)30-11-9-29(10-12-30)14-21(32)33/h1-8,13H,9-12,14H2,(H,32,33). The third kappa shape index (κ3) is 5.07. The molecule has 3 aromatic rings. The van der Waals surface area contributed by atoms with Crippen molar-refractivity contribution in [2.45, 2.75) is 6.18 Å². The van der Waals surface area contributed by atoms with E-state index < -0.39 is 17.8 Å². The Morgan fingerprint density at radius 1 is 1.00 bits per heavy atom. The van der Waals surface area contributed by atoms with Gasteiger partial charge in [-0.1, -0.05) is 35.9 Å². The molecule has 0 spiro atoms. The van der Waals surface area contributed by atoms with Gasteiger partial charge in [0.25, 0.3) is 5.91 Å². The van der Waals surface area contributed by atoms with Crippen molar-refractivity contribution in [3.63, 3.8) is 0 Å². The molecule has 0 bridgehead atoms. The summed E-state index contributed by atoms with van der Waals surface area (Å²) in [5.41, 5.74) is 0.249. The highest BCUT2D eigenvalue weighted by molar-refractivity contribution is 6.32. The molecule has 2 heterocycles. The molecule has 0 unspecified atom stereocenters. The predicted octanol–water partition coefficient (Wildman–Crippen LogP) is 4.05. The van der Waals surface area contributed by atoms with Crippen molar-refractivity contribution >= 4 is 23.5 Å². The van der Waals surface area contributed by atoms with Crippen LogP contribution in [0.4, 0.5) is 13.2 Å². The van der Waals surface area contributed by atoms with Gasteiger partial charge in [-0.15, -0.1) is 0 Å². The van der Waals surface area contributed by atoms with Crippen LogP contribution in [0.25, 0.3) is 16.9 Å². The van der Waals surface area contributed by atoms with E-state index in [9.17, 15) is 22.8 Å². The summed E-state index contributed by atoms with van der Waals surface area (Å²) in [5.74, 6) is -1.14. The average Bonchev–Trinajstić information content (AvgIpc) is 3.25. The van der Waals surface area contributed by atoms with Crippen LogP contribution in [0, 0.1) is 0 Å². The molecule has 0 atom stereocenters. The fraction of sp³-hybridized carbons (Fsp3) is 0.261. The molecule has 11 heteroatoms. The van der Waals surface area contributed by atoms with Crippen LogP contribution in [-0.2, 0) is 11.0 Å². The maximum atomic E-state index is 13.4. The Labute approximate surface area is 198 Å². The van der Waals surface area contributed by atoms with Crippen LogP contribution in [0.2, 0.25) is 5.02 Å². The van der Waals surface area contributed by atoms with Crippen molar-refractivity contribution < 1.29 is 27.9 Å². The molecule has 0 saturated carbocycles. The molecule has 1 aliphatic rings. The minimum atomic E-state index is -4.64. The van der Waals surface area contributed by atoms with Crippen molar-refractivity contribution in [1.29, 1.82) is 0 Å². The van der Waals surface area contributed by atoms with Gasteiger partial charge in [0, 0.05) is 37.3 Å². The first-order valence-corrected chi connectivity index (χ1v) is 10.8. The van der Waals surface area contributed by atoms with E-state index in [1.807, 2.05) is 0 Å². The zero-order chi connectivity index (χ0) is 24.5. The lowest BCUT2D eigenvalue weighted by molar-refractivity contribution is -0.141. The summed E-state index contributed by atoms with van der Waals surface area (Å²) in [4.78, 5) is 27.1. The second-order valence-corrected chi connectivity index (χ2v) is 8.22. The molecule has 4 rings (SSSR count). The van der Waals surface area contributed by atoms with E-state index in [1.54, 1.807) is 58.3 Å². The summed E-state index contributed by atoms with van der Waals surface area (Å²) in [6.07, 6.45) is -4.64. The van der Waals surface area contributed by atoms with Gasteiger partial charge in [0.15, 0.2) is 5.69 Å². The Morgan fingerprint density at radius 2 is 1.65 bits per heavy atom. The number of hydrogen-bond donors (Lipinski definition) is 1. The van der Waals surface area contributed by atoms with Crippen molar-refractivity contribution in [2.24, 2.45) is 0 Å².